The predicted octanol–water partition coefficient (Wildman–Crippen LogP) is 3.60. The van der Waals surface area contributed by atoms with Gasteiger partial charge in [0, 0.05) is 13.1 Å². The van der Waals surface area contributed by atoms with Crippen molar-refractivity contribution in [2.45, 2.75) is 32.4 Å². The predicted molar refractivity (Wildman–Crippen MR) is 90.0 cm³/mol. The summed E-state index contributed by atoms with van der Waals surface area (Å²) in [6, 6.07) is 19.3. The summed E-state index contributed by atoms with van der Waals surface area (Å²) in [5.41, 5.74) is 9.69. The van der Waals surface area contributed by atoms with Crippen LogP contribution in [-0.4, -0.2) is 18.5 Å². The lowest BCUT2D eigenvalue weighted by atomic mass is 10.1. The number of aryl methyl sites for hydroxylation is 1. The molecule has 0 unspecified atom stereocenters. The van der Waals surface area contributed by atoms with Gasteiger partial charge in [-0.1, -0.05) is 54.6 Å². The summed E-state index contributed by atoms with van der Waals surface area (Å²) in [5.74, 6) is 0. The summed E-state index contributed by atoms with van der Waals surface area (Å²) in [6.45, 7) is 2.76. The minimum atomic E-state index is 0.620. The van der Waals surface area contributed by atoms with Crippen LogP contribution in [0.1, 0.15) is 29.5 Å². The highest BCUT2D eigenvalue weighted by Gasteiger charge is 2.01. The largest absolute Gasteiger partial charge is 0.326 e. The molecule has 0 amide bonds. The van der Waals surface area contributed by atoms with Crippen molar-refractivity contribution >= 4 is 0 Å². The molecule has 0 aliphatic heterocycles. The highest BCUT2D eigenvalue weighted by atomic mass is 15.1. The van der Waals surface area contributed by atoms with Gasteiger partial charge in [0.25, 0.3) is 0 Å². The Bertz CT molecular complexity index is 522. The second kappa shape index (κ2) is 8.60. The monoisotopic (exact) mass is 282 g/mol. The van der Waals surface area contributed by atoms with Gasteiger partial charge < -0.3 is 10.6 Å². The first-order valence-corrected chi connectivity index (χ1v) is 7.78. The van der Waals surface area contributed by atoms with Gasteiger partial charge in [-0.05, 0) is 49.5 Å². The molecule has 0 saturated carbocycles. The normalized spacial score (nSPS) is 11.0. The van der Waals surface area contributed by atoms with E-state index in [-0.39, 0.29) is 0 Å². The smallest absolute Gasteiger partial charge is 0.0230 e. The van der Waals surface area contributed by atoms with Gasteiger partial charge in [0.05, 0.1) is 0 Å². The molecule has 0 radical (unpaired) electrons. The minimum absolute atomic E-state index is 0.620. The molecule has 2 aromatic carbocycles. The van der Waals surface area contributed by atoms with E-state index in [9.17, 15) is 0 Å². The van der Waals surface area contributed by atoms with Gasteiger partial charge in [0.15, 0.2) is 0 Å². The lowest BCUT2D eigenvalue weighted by Crippen LogP contribution is -2.19. The number of nitrogens with zero attached hydrogens (tertiary/aromatic N) is 1. The van der Waals surface area contributed by atoms with E-state index < -0.39 is 0 Å². The lowest BCUT2D eigenvalue weighted by molar-refractivity contribution is 0.318. The highest BCUT2D eigenvalue weighted by molar-refractivity contribution is 5.23. The summed E-state index contributed by atoms with van der Waals surface area (Å²) in [7, 11) is 2.19. The number of unbranched alkanes of at least 4 members (excludes halogenated alkanes) is 1. The van der Waals surface area contributed by atoms with E-state index in [1.54, 1.807) is 0 Å². The maximum absolute atomic E-state index is 5.69. The third kappa shape index (κ3) is 5.70. The van der Waals surface area contributed by atoms with Crippen LogP contribution < -0.4 is 5.73 Å². The molecule has 0 aliphatic rings. The average molecular weight is 282 g/mol. The van der Waals surface area contributed by atoms with Crippen LogP contribution in [0.5, 0.6) is 0 Å². The maximum atomic E-state index is 5.69. The molecular weight excluding hydrogens is 256 g/mol. The first-order chi connectivity index (χ1) is 10.3. The van der Waals surface area contributed by atoms with Crippen LogP contribution in [0.15, 0.2) is 54.6 Å². The molecule has 2 aromatic rings. The Kier molecular flexibility index (Phi) is 6.45. The van der Waals surface area contributed by atoms with Crippen molar-refractivity contribution in [1.82, 2.24) is 4.90 Å². The number of benzene rings is 2. The van der Waals surface area contributed by atoms with Crippen LogP contribution in [-0.2, 0) is 19.5 Å². The second-order valence-corrected chi connectivity index (χ2v) is 5.70. The van der Waals surface area contributed by atoms with Gasteiger partial charge in [-0.3, -0.25) is 0 Å². The molecule has 2 heteroatoms. The lowest BCUT2D eigenvalue weighted by Gasteiger charge is -2.17. The standard InChI is InChI=1S/C19H26N2/c1-21(16-19-12-7-11-18(14-19)15-20)13-6-5-10-17-8-3-2-4-9-17/h2-4,7-9,11-12,14H,5-6,10,13,15-16,20H2,1H3. The van der Waals surface area contributed by atoms with Crippen molar-refractivity contribution in [3.63, 3.8) is 0 Å². The van der Waals surface area contributed by atoms with Crippen molar-refractivity contribution in [3.8, 4) is 0 Å². The van der Waals surface area contributed by atoms with E-state index in [0.717, 1.165) is 13.1 Å². The first kappa shape index (κ1) is 15.7. The fraction of sp³-hybridized carbons (Fsp3) is 0.368. The first-order valence-electron chi connectivity index (χ1n) is 7.78. The molecule has 0 atom stereocenters. The molecule has 2 rings (SSSR count). The van der Waals surface area contributed by atoms with E-state index in [4.69, 9.17) is 5.73 Å². The van der Waals surface area contributed by atoms with Gasteiger partial charge >= 0.3 is 0 Å². The number of rotatable bonds is 8. The number of nitrogens with two attached hydrogens (primary N) is 1. The van der Waals surface area contributed by atoms with Crippen molar-refractivity contribution < 1.29 is 0 Å². The number of hydrogen-bond donors (Lipinski definition) is 1. The van der Waals surface area contributed by atoms with Crippen molar-refractivity contribution in [2.75, 3.05) is 13.6 Å². The SMILES string of the molecule is CN(CCCCc1ccccc1)Cc1cccc(CN)c1. The third-order valence-corrected chi connectivity index (χ3v) is 3.78. The van der Waals surface area contributed by atoms with Crippen LogP contribution in [0.3, 0.4) is 0 Å². The Morgan fingerprint density at radius 3 is 2.33 bits per heavy atom. The fourth-order valence-electron chi connectivity index (χ4n) is 2.60. The number of hydrogen-bond acceptors (Lipinski definition) is 2. The summed E-state index contributed by atoms with van der Waals surface area (Å²) < 4.78 is 0. The van der Waals surface area contributed by atoms with Crippen molar-refractivity contribution in [1.29, 1.82) is 0 Å². The zero-order chi connectivity index (χ0) is 14.9. The van der Waals surface area contributed by atoms with Gasteiger partial charge in [-0.25, -0.2) is 0 Å². The Morgan fingerprint density at radius 1 is 0.857 bits per heavy atom. The topological polar surface area (TPSA) is 29.3 Å². The molecule has 0 aliphatic carbocycles. The molecule has 21 heavy (non-hydrogen) atoms. The zero-order valence-electron chi connectivity index (χ0n) is 13.0. The molecular formula is C19H26N2. The quantitative estimate of drug-likeness (QED) is 0.750. The van der Waals surface area contributed by atoms with Crippen molar-refractivity contribution in [2.24, 2.45) is 5.73 Å². The van der Waals surface area contributed by atoms with Crippen LogP contribution >= 0.6 is 0 Å². The summed E-state index contributed by atoms with van der Waals surface area (Å²) in [6.07, 6.45) is 3.66. The molecule has 0 fully saturated rings. The van der Waals surface area contributed by atoms with Crippen LogP contribution in [0.2, 0.25) is 0 Å². The second-order valence-electron chi connectivity index (χ2n) is 5.70. The summed E-state index contributed by atoms with van der Waals surface area (Å²) in [4.78, 5) is 2.39. The van der Waals surface area contributed by atoms with E-state index in [1.807, 2.05) is 0 Å². The van der Waals surface area contributed by atoms with E-state index in [0.29, 0.717) is 6.54 Å². The van der Waals surface area contributed by atoms with E-state index in [2.05, 4.69) is 66.5 Å². The average Bonchev–Trinajstić information content (AvgIpc) is 2.53. The molecule has 2 nitrogen and oxygen atoms in total. The van der Waals surface area contributed by atoms with Gasteiger partial charge in [0.2, 0.25) is 0 Å². The third-order valence-electron chi connectivity index (χ3n) is 3.78. The van der Waals surface area contributed by atoms with Gasteiger partial charge in [-0.15, -0.1) is 0 Å². The Hall–Kier alpha value is -1.64. The molecule has 0 spiro atoms. The summed E-state index contributed by atoms with van der Waals surface area (Å²) >= 11 is 0. The van der Waals surface area contributed by atoms with Crippen molar-refractivity contribution in [3.05, 3.63) is 71.3 Å². The minimum Gasteiger partial charge on any atom is -0.326 e. The Balaban J connectivity index is 1.68. The highest BCUT2D eigenvalue weighted by Crippen LogP contribution is 2.09. The molecule has 0 saturated heterocycles. The van der Waals surface area contributed by atoms with E-state index in [1.165, 1.54) is 36.0 Å². The molecule has 0 aromatic heterocycles. The molecule has 0 heterocycles. The molecule has 2 N–H and O–H groups in total. The van der Waals surface area contributed by atoms with Crippen LogP contribution in [0.4, 0.5) is 0 Å². The zero-order valence-corrected chi connectivity index (χ0v) is 13.0. The molecule has 112 valence electrons. The summed E-state index contributed by atoms with van der Waals surface area (Å²) in [5, 5.41) is 0. The van der Waals surface area contributed by atoms with Gasteiger partial charge in [-0.2, -0.15) is 0 Å². The Labute approximate surface area is 128 Å². The van der Waals surface area contributed by atoms with Gasteiger partial charge in [0.1, 0.15) is 0 Å². The van der Waals surface area contributed by atoms with E-state index >= 15 is 0 Å². The Morgan fingerprint density at radius 2 is 1.57 bits per heavy atom. The molecule has 0 bridgehead atoms. The van der Waals surface area contributed by atoms with Crippen LogP contribution in [0.25, 0.3) is 0 Å². The van der Waals surface area contributed by atoms with Crippen LogP contribution in [0, 0.1) is 0 Å². The fourth-order valence-corrected chi connectivity index (χ4v) is 2.60. The maximum Gasteiger partial charge on any atom is 0.0230 e.